The molecule has 3 nitrogen and oxygen atoms in total. The van der Waals surface area contributed by atoms with Crippen molar-refractivity contribution in [1.82, 2.24) is 9.78 Å². The summed E-state index contributed by atoms with van der Waals surface area (Å²) in [4.78, 5) is 2.04. The molecule has 0 saturated heterocycles. The molecular formula is C22H16BrF2N3. The Kier molecular flexibility index (Phi) is 4.96. The van der Waals surface area contributed by atoms with E-state index in [0.29, 0.717) is 5.56 Å². The monoisotopic (exact) mass is 439 g/mol. The molecule has 0 radical (unpaired) electrons. The van der Waals surface area contributed by atoms with Crippen LogP contribution in [0.3, 0.4) is 0 Å². The van der Waals surface area contributed by atoms with Crippen LogP contribution in [0.5, 0.6) is 0 Å². The SMILES string of the molecule is Cn1ncc(Br)c1N(c1ccccc1)c1ccc(-c2cccc(F)c2F)cc1. The lowest BCUT2D eigenvalue weighted by atomic mass is 10.0. The topological polar surface area (TPSA) is 21.1 Å². The third-order valence-corrected chi connectivity index (χ3v) is 5.04. The van der Waals surface area contributed by atoms with E-state index in [0.717, 1.165) is 27.7 Å². The molecule has 4 rings (SSSR count). The molecule has 1 aromatic heterocycles. The first kappa shape index (κ1) is 18.4. The predicted octanol–water partition coefficient (Wildman–Crippen LogP) is 6.60. The van der Waals surface area contributed by atoms with E-state index in [4.69, 9.17) is 0 Å². The molecule has 0 N–H and O–H groups in total. The van der Waals surface area contributed by atoms with Crippen LogP contribution >= 0.6 is 15.9 Å². The molecule has 140 valence electrons. The summed E-state index contributed by atoms with van der Waals surface area (Å²) in [6.07, 6.45) is 1.74. The van der Waals surface area contributed by atoms with Gasteiger partial charge >= 0.3 is 0 Å². The molecule has 0 aliphatic carbocycles. The fourth-order valence-electron chi connectivity index (χ4n) is 3.14. The second-order valence-corrected chi connectivity index (χ2v) is 7.11. The maximum atomic E-state index is 14.1. The van der Waals surface area contributed by atoms with E-state index in [9.17, 15) is 8.78 Å². The van der Waals surface area contributed by atoms with Crippen LogP contribution in [-0.2, 0) is 7.05 Å². The van der Waals surface area contributed by atoms with Crippen molar-refractivity contribution in [3.05, 3.63) is 95.1 Å². The summed E-state index contributed by atoms with van der Waals surface area (Å²) in [5.41, 5.74) is 2.67. The Morgan fingerprint density at radius 3 is 2.18 bits per heavy atom. The Balaban J connectivity index is 1.81. The van der Waals surface area contributed by atoms with E-state index < -0.39 is 11.6 Å². The summed E-state index contributed by atoms with van der Waals surface area (Å²) >= 11 is 3.56. The highest BCUT2D eigenvalue weighted by Crippen LogP contribution is 2.39. The van der Waals surface area contributed by atoms with Gasteiger partial charge in [0.15, 0.2) is 11.6 Å². The van der Waals surface area contributed by atoms with E-state index in [1.165, 1.54) is 6.07 Å². The van der Waals surface area contributed by atoms with Crippen molar-refractivity contribution in [2.45, 2.75) is 0 Å². The van der Waals surface area contributed by atoms with Crippen LogP contribution in [0.1, 0.15) is 0 Å². The van der Waals surface area contributed by atoms with Crippen molar-refractivity contribution in [1.29, 1.82) is 0 Å². The smallest absolute Gasteiger partial charge is 0.166 e. The fourth-order valence-corrected chi connectivity index (χ4v) is 3.67. The van der Waals surface area contributed by atoms with E-state index in [1.807, 2.05) is 54.4 Å². The first-order valence-electron chi connectivity index (χ1n) is 8.63. The number of halogens is 3. The Bertz CT molecular complexity index is 1090. The second-order valence-electron chi connectivity index (χ2n) is 6.26. The van der Waals surface area contributed by atoms with Gasteiger partial charge < -0.3 is 0 Å². The van der Waals surface area contributed by atoms with Crippen molar-refractivity contribution >= 4 is 33.1 Å². The van der Waals surface area contributed by atoms with Gasteiger partial charge in [-0.2, -0.15) is 5.10 Å². The lowest BCUT2D eigenvalue weighted by Crippen LogP contribution is -2.14. The van der Waals surface area contributed by atoms with Crippen LogP contribution in [0.25, 0.3) is 11.1 Å². The van der Waals surface area contributed by atoms with Gasteiger partial charge in [0.25, 0.3) is 0 Å². The molecule has 0 saturated carbocycles. The molecule has 3 aromatic carbocycles. The van der Waals surface area contributed by atoms with E-state index in [-0.39, 0.29) is 5.56 Å². The van der Waals surface area contributed by atoms with E-state index >= 15 is 0 Å². The van der Waals surface area contributed by atoms with Crippen LogP contribution in [0.4, 0.5) is 26.0 Å². The van der Waals surface area contributed by atoms with Crippen LogP contribution in [0.2, 0.25) is 0 Å². The molecule has 4 aromatic rings. The third-order valence-electron chi connectivity index (χ3n) is 4.48. The molecular weight excluding hydrogens is 424 g/mol. The summed E-state index contributed by atoms with van der Waals surface area (Å²) in [7, 11) is 1.87. The van der Waals surface area contributed by atoms with Gasteiger partial charge in [-0.1, -0.05) is 42.5 Å². The maximum Gasteiger partial charge on any atom is 0.166 e. The number of benzene rings is 3. The molecule has 0 bridgehead atoms. The molecule has 0 fully saturated rings. The fraction of sp³-hybridized carbons (Fsp3) is 0.0455. The summed E-state index contributed by atoms with van der Waals surface area (Å²) in [5, 5.41) is 4.31. The van der Waals surface area contributed by atoms with Crippen LogP contribution in [0.15, 0.2) is 83.5 Å². The zero-order valence-electron chi connectivity index (χ0n) is 15.0. The van der Waals surface area contributed by atoms with Gasteiger partial charge in [0.2, 0.25) is 0 Å². The lowest BCUT2D eigenvalue weighted by molar-refractivity contribution is 0.511. The number of para-hydroxylation sites is 1. The second kappa shape index (κ2) is 7.56. The molecule has 0 atom stereocenters. The molecule has 0 unspecified atom stereocenters. The maximum absolute atomic E-state index is 14.1. The van der Waals surface area contributed by atoms with Gasteiger partial charge in [0.05, 0.1) is 10.7 Å². The molecule has 6 heteroatoms. The largest absolute Gasteiger partial charge is 0.294 e. The average molecular weight is 440 g/mol. The van der Waals surface area contributed by atoms with Crippen LogP contribution in [-0.4, -0.2) is 9.78 Å². The van der Waals surface area contributed by atoms with Crippen molar-refractivity contribution in [3.8, 4) is 11.1 Å². The number of anilines is 3. The van der Waals surface area contributed by atoms with Gasteiger partial charge in [-0.3, -0.25) is 9.58 Å². The molecule has 0 aliphatic heterocycles. The molecule has 28 heavy (non-hydrogen) atoms. The predicted molar refractivity (Wildman–Crippen MR) is 111 cm³/mol. The number of hydrogen-bond acceptors (Lipinski definition) is 2. The summed E-state index contributed by atoms with van der Waals surface area (Å²) in [6, 6.07) is 21.4. The zero-order chi connectivity index (χ0) is 19.7. The standard InChI is InChI=1S/C22H16BrF2N3/c1-27-22(19(23)14-26-27)28(16-6-3-2-4-7-16)17-12-10-15(11-13-17)18-8-5-9-20(24)21(18)25/h2-14H,1H3. The van der Waals surface area contributed by atoms with Gasteiger partial charge in [0.1, 0.15) is 5.82 Å². The van der Waals surface area contributed by atoms with Crippen LogP contribution < -0.4 is 4.90 Å². The summed E-state index contributed by atoms with van der Waals surface area (Å²) in [6.45, 7) is 0. The molecule has 0 amide bonds. The van der Waals surface area contributed by atoms with Gasteiger partial charge in [0, 0.05) is 24.0 Å². The van der Waals surface area contributed by atoms with Crippen molar-refractivity contribution in [3.63, 3.8) is 0 Å². The first-order chi connectivity index (χ1) is 13.6. The van der Waals surface area contributed by atoms with E-state index in [2.05, 4.69) is 21.0 Å². The van der Waals surface area contributed by atoms with Crippen LogP contribution in [0, 0.1) is 11.6 Å². The third kappa shape index (κ3) is 3.31. The number of aromatic nitrogens is 2. The zero-order valence-corrected chi connectivity index (χ0v) is 16.6. The first-order valence-corrected chi connectivity index (χ1v) is 9.42. The van der Waals surface area contributed by atoms with Gasteiger partial charge in [-0.15, -0.1) is 0 Å². The number of rotatable bonds is 4. The number of nitrogens with zero attached hydrogens (tertiary/aromatic N) is 3. The van der Waals surface area contributed by atoms with Gasteiger partial charge in [-0.05, 0) is 51.8 Å². The highest BCUT2D eigenvalue weighted by Gasteiger charge is 2.19. The van der Waals surface area contributed by atoms with E-state index in [1.54, 1.807) is 29.1 Å². The minimum atomic E-state index is -0.855. The molecule has 0 aliphatic rings. The molecule has 1 heterocycles. The van der Waals surface area contributed by atoms with Gasteiger partial charge in [-0.25, -0.2) is 8.78 Å². The number of aryl methyl sites for hydroxylation is 1. The highest BCUT2D eigenvalue weighted by molar-refractivity contribution is 9.10. The number of hydrogen-bond donors (Lipinski definition) is 0. The summed E-state index contributed by atoms with van der Waals surface area (Å²) in [5.74, 6) is -0.841. The normalized spacial score (nSPS) is 10.9. The van der Waals surface area contributed by atoms with Crippen molar-refractivity contribution < 1.29 is 8.78 Å². The lowest BCUT2D eigenvalue weighted by Gasteiger charge is -2.25. The minimum Gasteiger partial charge on any atom is -0.294 e. The Hall–Kier alpha value is -2.99. The average Bonchev–Trinajstić information content (AvgIpc) is 3.04. The Morgan fingerprint density at radius 1 is 0.857 bits per heavy atom. The quantitative estimate of drug-likeness (QED) is 0.357. The Labute approximate surface area is 170 Å². The highest BCUT2D eigenvalue weighted by atomic mass is 79.9. The minimum absolute atomic E-state index is 0.236. The van der Waals surface area contributed by atoms with Crippen molar-refractivity contribution in [2.24, 2.45) is 7.05 Å². The molecule has 0 spiro atoms. The Morgan fingerprint density at radius 2 is 1.54 bits per heavy atom. The van der Waals surface area contributed by atoms with Crippen molar-refractivity contribution in [2.75, 3.05) is 4.90 Å². The summed E-state index contributed by atoms with van der Waals surface area (Å²) < 4.78 is 30.3.